The molecule has 0 unspecified atom stereocenters. The van der Waals surface area contributed by atoms with E-state index in [1.54, 1.807) is 7.11 Å². The van der Waals surface area contributed by atoms with Gasteiger partial charge in [-0.25, -0.2) is 9.78 Å². The van der Waals surface area contributed by atoms with Crippen molar-refractivity contribution in [1.29, 1.82) is 0 Å². The third-order valence-corrected chi connectivity index (χ3v) is 4.84. The summed E-state index contributed by atoms with van der Waals surface area (Å²) in [4.78, 5) is 16.1. The molecule has 1 aromatic heterocycles. The summed E-state index contributed by atoms with van der Waals surface area (Å²) < 4.78 is 5.04. The average Bonchev–Trinajstić information content (AvgIpc) is 3.02. The van der Waals surface area contributed by atoms with Gasteiger partial charge in [-0.05, 0) is 24.0 Å². The molecular weight excluding hydrogens is 274 g/mol. The van der Waals surface area contributed by atoms with Gasteiger partial charge in [-0.3, -0.25) is 0 Å². The Bertz CT molecular complexity index is 625. The van der Waals surface area contributed by atoms with Crippen LogP contribution in [0.2, 0.25) is 0 Å². The molecule has 0 bridgehead atoms. The predicted octanol–water partition coefficient (Wildman–Crippen LogP) is 2.87. The highest BCUT2D eigenvalue weighted by Gasteiger charge is 2.27. The number of methoxy groups -OCH3 is 1. The van der Waals surface area contributed by atoms with E-state index in [4.69, 9.17) is 4.74 Å². The molecule has 0 spiro atoms. The van der Waals surface area contributed by atoms with E-state index >= 15 is 0 Å². The van der Waals surface area contributed by atoms with Gasteiger partial charge in [0.05, 0.1) is 17.3 Å². The second kappa shape index (κ2) is 5.34. The molecule has 4 nitrogen and oxygen atoms in total. The molecule has 1 N–H and O–H groups in total. The van der Waals surface area contributed by atoms with Gasteiger partial charge >= 0.3 is 5.97 Å². The van der Waals surface area contributed by atoms with E-state index in [1.807, 2.05) is 12.1 Å². The first-order chi connectivity index (χ1) is 9.69. The molecule has 1 aliphatic rings. The summed E-state index contributed by atoms with van der Waals surface area (Å²) in [6.45, 7) is 0.248. The number of aromatic carboxylic acids is 1. The summed E-state index contributed by atoms with van der Waals surface area (Å²) in [5.41, 5.74) is 3.23. The van der Waals surface area contributed by atoms with Gasteiger partial charge in [-0.15, -0.1) is 11.3 Å². The van der Waals surface area contributed by atoms with Gasteiger partial charge in [0.2, 0.25) is 0 Å². The van der Waals surface area contributed by atoms with E-state index in [0.29, 0.717) is 16.5 Å². The number of thiazole rings is 1. The zero-order chi connectivity index (χ0) is 14.1. The van der Waals surface area contributed by atoms with Crippen molar-refractivity contribution in [2.24, 2.45) is 0 Å². The Morgan fingerprint density at radius 3 is 2.60 bits per heavy atom. The van der Waals surface area contributed by atoms with Crippen molar-refractivity contribution in [3.8, 4) is 0 Å². The molecule has 0 saturated heterocycles. The van der Waals surface area contributed by atoms with Gasteiger partial charge in [0.1, 0.15) is 4.88 Å². The van der Waals surface area contributed by atoms with Crippen LogP contribution in [-0.4, -0.2) is 23.2 Å². The van der Waals surface area contributed by atoms with Crippen LogP contribution in [0.3, 0.4) is 0 Å². The smallest absolute Gasteiger partial charge is 0.347 e. The molecule has 0 fully saturated rings. The van der Waals surface area contributed by atoms with Crippen molar-refractivity contribution < 1.29 is 14.6 Å². The Kier molecular flexibility index (Phi) is 3.54. The number of ether oxygens (including phenoxy) is 1. The van der Waals surface area contributed by atoms with Crippen molar-refractivity contribution in [2.45, 2.75) is 25.4 Å². The molecular formula is C15H15NO3S. The molecule has 0 amide bonds. The predicted molar refractivity (Wildman–Crippen MR) is 76.4 cm³/mol. The van der Waals surface area contributed by atoms with Gasteiger partial charge in [-0.1, -0.05) is 24.3 Å². The van der Waals surface area contributed by atoms with Gasteiger partial charge in [0.25, 0.3) is 0 Å². The second-order valence-electron chi connectivity index (χ2n) is 4.94. The van der Waals surface area contributed by atoms with Crippen LogP contribution in [0, 0.1) is 0 Å². The van der Waals surface area contributed by atoms with Crippen LogP contribution in [-0.2, 0) is 24.2 Å². The SMILES string of the molecule is COCc1nc(C2Cc3ccccc3C2)sc1C(=O)O. The maximum Gasteiger partial charge on any atom is 0.347 e. The van der Waals surface area contributed by atoms with E-state index in [-0.39, 0.29) is 6.61 Å². The van der Waals surface area contributed by atoms with Crippen molar-refractivity contribution in [3.63, 3.8) is 0 Å². The Labute approximate surface area is 121 Å². The van der Waals surface area contributed by atoms with Crippen LogP contribution >= 0.6 is 11.3 Å². The summed E-state index contributed by atoms with van der Waals surface area (Å²) in [5, 5.41) is 10.1. The molecule has 1 aromatic carbocycles. The van der Waals surface area contributed by atoms with Crippen molar-refractivity contribution in [3.05, 3.63) is 51.0 Å². The van der Waals surface area contributed by atoms with Crippen molar-refractivity contribution >= 4 is 17.3 Å². The normalized spacial score (nSPS) is 14.4. The molecule has 3 rings (SSSR count). The molecule has 5 heteroatoms. The number of benzene rings is 1. The average molecular weight is 289 g/mol. The minimum atomic E-state index is -0.920. The molecule has 0 saturated carbocycles. The zero-order valence-electron chi connectivity index (χ0n) is 11.1. The number of fused-ring (bicyclic) bond motifs is 1. The molecule has 0 radical (unpaired) electrons. The molecule has 2 aromatic rings. The van der Waals surface area contributed by atoms with Crippen molar-refractivity contribution in [2.75, 3.05) is 7.11 Å². The lowest BCUT2D eigenvalue weighted by Crippen LogP contribution is -2.00. The van der Waals surface area contributed by atoms with E-state index < -0.39 is 5.97 Å². The number of carbonyl (C=O) groups is 1. The fourth-order valence-corrected chi connectivity index (χ4v) is 3.69. The van der Waals surface area contributed by atoms with Gasteiger partial charge in [0.15, 0.2) is 0 Å². The third-order valence-electron chi connectivity index (χ3n) is 3.59. The Hall–Kier alpha value is -1.72. The first kappa shape index (κ1) is 13.3. The number of rotatable bonds is 4. The lowest BCUT2D eigenvalue weighted by molar-refractivity contribution is 0.0697. The number of hydrogen-bond acceptors (Lipinski definition) is 4. The summed E-state index contributed by atoms with van der Waals surface area (Å²) in [6.07, 6.45) is 1.88. The molecule has 1 heterocycles. The zero-order valence-corrected chi connectivity index (χ0v) is 11.9. The van der Waals surface area contributed by atoms with Crippen LogP contribution < -0.4 is 0 Å². The number of hydrogen-bond donors (Lipinski definition) is 1. The second-order valence-corrected chi connectivity index (χ2v) is 5.97. The van der Waals surface area contributed by atoms with Crippen molar-refractivity contribution in [1.82, 2.24) is 4.98 Å². The summed E-state index contributed by atoms with van der Waals surface area (Å²) in [6, 6.07) is 8.36. The van der Waals surface area contributed by atoms with Crippen LogP contribution in [0.5, 0.6) is 0 Å². The van der Waals surface area contributed by atoms with Crippen LogP contribution in [0.1, 0.15) is 37.4 Å². The monoisotopic (exact) mass is 289 g/mol. The lowest BCUT2D eigenvalue weighted by atomic mass is 10.1. The number of aromatic nitrogens is 1. The van der Waals surface area contributed by atoms with E-state index in [9.17, 15) is 9.90 Å². The van der Waals surface area contributed by atoms with Gasteiger partial charge in [0, 0.05) is 13.0 Å². The van der Waals surface area contributed by atoms with Crippen LogP contribution in [0.15, 0.2) is 24.3 Å². The van der Waals surface area contributed by atoms with E-state index in [2.05, 4.69) is 17.1 Å². The van der Waals surface area contributed by atoms with E-state index in [0.717, 1.165) is 17.8 Å². The molecule has 20 heavy (non-hydrogen) atoms. The Balaban J connectivity index is 1.89. The minimum Gasteiger partial charge on any atom is -0.477 e. The Morgan fingerprint density at radius 2 is 2.05 bits per heavy atom. The maximum absolute atomic E-state index is 11.3. The molecule has 0 atom stereocenters. The highest BCUT2D eigenvalue weighted by molar-refractivity contribution is 7.13. The quantitative estimate of drug-likeness (QED) is 0.940. The third kappa shape index (κ3) is 2.34. The number of carboxylic acid groups (broad SMARTS) is 1. The standard InChI is InChI=1S/C15H15NO3S/c1-19-8-12-13(15(17)18)20-14(16-12)11-6-9-4-2-3-5-10(9)7-11/h2-5,11H,6-8H2,1H3,(H,17,18). The van der Waals surface area contributed by atoms with Gasteiger partial charge in [-0.2, -0.15) is 0 Å². The summed E-state index contributed by atoms with van der Waals surface area (Å²) >= 11 is 1.28. The topological polar surface area (TPSA) is 59.4 Å². The molecule has 0 aliphatic heterocycles. The number of nitrogens with zero attached hydrogens (tertiary/aromatic N) is 1. The van der Waals surface area contributed by atoms with Crippen LogP contribution in [0.4, 0.5) is 0 Å². The van der Waals surface area contributed by atoms with E-state index in [1.165, 1.54) is 22.5 Å². The highest BCUT2D eigenvalue weighted by Crippen LogP contribution is 2.36. The fourth-order valence-electron chi connectivity index (χ4n) is 2.68. The number of carboxylic acids is 1. The highest BCUT2D eigenvalue weighted by atomic mass is 32.1. The minimum absolute atomic E-state index is 0.248. The molecule has 104 valence electrons. The molecule has 1 aliphatic carbocycles. The Morgan fingerprint density at radius 1 is 1.40 bits per heavy atom. The first-order valence-corrected chi connectivity index (χ1v) is 7.29. The van der Waals surface area contributed by atoms with Crippen LogP contribution in [0.25, 0.3) is 0 Å². The summed E-state index contributed by atoms with van der Waals surface area (Å²) in [5.74, 6) is -0.627. The first-order valence-electron chi connectivity index (χ1n) is 6.47. The largest absolute Gasteiger partial charge is 0.477 e. The fraction of sp³-hybridized carbons (Fsp3) is 0.333. The lowest BCUT2D eigenvalue weighted by Gasteiger charge is -2.03. The van der Waals surface area contributed by atoms with Gasteiger partial charge < -0.3 is 9.84 Å². The summed E-state index contributed by atoms with van der Waals surface area (Å²) in [7, 11) is 1.55. The maximum atomic E-state index is 11.3.